The number of hydrogen-bond donors (Lipinski definition) is 0. The summed E-state index contributed by atoms with van der Waals surface area (Å²) in [6.07, 6.45) is -0.192. The topological polar surface area (TPSA) is 55.8 Å². The van der Waals surface area contributed by atoms with E-state index in [2.05, 4.69) is 15.9 Å². The molecule has 0 fully saturated rings. The molecule has 1 amide bonds. The second-order valence-electron chi connectivity index (χ2n) is 5.83. The van der Waals surface area contributed by atoms with Crippen molar-refractivity contribution in [3.8, 4) is 0 Å². The number of rotatable bonds is 4. The molecule has 1 aliphatic rings. The maximum Gasteiger partial charge on any atom is 0.414 e. The maximum absolute atomic E-state index is 12.5. The molecule has 0 spiro atoms. The zero-order chi connectivity index (χ0) is 17.8. The van der Waals surface area contributed by atoms with Crippen molar-refractivity contribution in [2.45, 2.75) is 18.9 Å². The van der Waals surface area contributed by atoms with Gasteiger partial charge >= 0.3 is 12.1 Å². The van der Waals surface area contributed by atoms with Crippen LogP contribution in [0.4, 0.5) is 10.5 Å². The van der Waals surface area contributed by atoms with Gasteiger partial charge in [-0.1, -0.05) is 46.3 Å². The van der Waals surface area contributed by atoms with Gasteiger partial charge in [0, 0.05) is 16.9 Å². The lowest BCUT2D eigenvalue weighted by molar-refractivity contribution is -0.141. The fraction of sp³-hybridized carbons (Fsp3) is 0.263. The van der Waals surface area contributed by atoms with Crippen LogP contribution in [-0.2, 0) is 20.9 Å². The fourth-order valence-electron chi connectivity index (χ4n) is 2.94. The Bertz CT molecular complexity index is 778. The van der Waals surface area contributed by atoms with Crippen molar-refractivity contribution in [1.82, 2.24) is 0 Å². The molecule has 2 aromatic rings. The monoisotopic (exact) mass is 403 g/mol. The average molecular weight is 404 g/mol. The number of methoxy groups -OCH3 is 1. The third kappa shape index (κ3) is 4.02. The molecule has 0 saturated carbocycles. The molecule has 130 valence electrons. The number of amides is 1. The lowest BCUT2D eigenvalue weighted by atomic mass is 9.98. The predicted octanol–water partition coefficient (Wildman–Crippen LogP) is 4.25. The average Bonchev–Trinajstić information content (AvgIpc) is 2.98. The zero-order valence-corrected chi connectivity index (χ0v) is 15.4. The predicted molar refractivity (Wildman–Crippen MR) is 97.5 cm³/mol. The van der Waals surface area contributed by atoms with Crippen molar-refractivity contribution < 1.29 is 19.1 Å². The Morgan fingerprint density at radius 1 is 1.20 bits per heavy atom. The van der Waals surface area contributed by atoms with Gasteiger partial charge in [-0.2, -0.15) is 0 Å². The van der Waals surface area contributed by atoms with Gasteiger partial charge in [0.2, 0.25) is 0 Å². The Morgan fingerprint density at radius 3 is 2.68 bits per heavy atom. The first-order valence-electron chi connectivity index (χ1n) is 7.93. The van der Waals surface area contributed by atoms with E-state index in [1.807, 2.05) is 48.5 Å². The number of esters is 1. The Balaban J connectivity index is 1.75. The van der Waals surface area contributed by atoms with Gasteiger partial charge in [0.15, 0.2) is 0 Å². The number of hydrogen-bond acceptors (Lipinski definition) is 4. The van der Waals surface area contributed by atoms with Gasteiger partial charge in [0.05, 0.1) is 19.2 Å². The molecule has 1 atom stereocenters. The molecule has 3 rings (SSSR count). The minimum absolute atomic E-state index is 0.107. The van der Waals surface area contributed by atoms with E-state index >= 15 is 0 Å². The molecular weight excluding hydrogens is 386 g/mol. The first kappa shape index (κ1) is 17.5. The molecular formula is C19H18BrNO4. The molecule has 0 bridgehead atoms. The lowest BCUT2D eigenvalue weighted by Gasteiger charge is -2.17. The number of nitrogens with zero attached hydrogens (tertiary/aromatic N) is 1. The van der Waals surface area contributed by atoms with Crippen molar-refractivity contribution in [1.29, 1.82) is 0 Å². The zero-order valence-electron chi connectivity index (χ0n) is 13.8. The highest BCUT2D eigenvalue weighted by Gasteiger charge is 2.34. The summed E-state index contributed by atoms with van der Waals surface area (Å²) in [4.78, 5) is 25.8. The molecule has 0 aromatic heterocycles. The van der Waals surface area contributed by atoms with E-state index in [0.717, 1.165) is 21.3 Å². The van der Waals surface area contributed by atoms with E-state index in [9.17, 15) is 9.59 Å². The number of carbonyl (C=O) groups is 2. The molecule has 1 aliphatic heterocycles. The molecule has 0 saturated heterocycles. The second kappa shape index (κ2) is 7.70. The Labute approximate surface area is 154 Å². The van der Waals surface area contributed by atoms with E-state index in [-0.39, 0.29) is 24.9 Å². The molecule has 1 heterocycles. The second-order valence-corrected chi connectivity index (χ2v) is 6.75. The summed E-state index contributed by atoms with van der Waals surface area (Å²) < 4.78 is 11.1. The van der Waals surface area contributed by atoms with Gasteiger partial charge < -0.3 is 9.47 Å². The Morgan fingerprint density at radius 2 is 1.96 bits per heavy atom. The number of halogens is 1. The summed E-state index contributed by atoms with van der Waals surface area (Å²) in [7, 11) is 1.37. The first-order valence-corrected chi connectivity index (χ1v) is 8.72. The van der Waals surface area contributed by atoms with Crippen LogP contribution in [0.2, 0.25) is 0 Å². The van der Waals surface area contributed by atoms with Crippen LogP contribution in [0.5, 0.6) is 0 Å². The molecule has 5 nitrogen and oxygen atoms in total. The number of ether oxygens (including phenoxy) is 2. The summed E-state index contributed by atoms with van der Waals surface area (Å²) in [5.41, 5.74) is 2.64. The van der Waals surface area contributed by atoms with Crippen LogP contribution in [0.3, 0.4) is 0 Å². The summed E-state index contributed by atoms with van der Waals surface area (Å²) in [5.74, 6) is -0.403. The van der Waals surface area contributed by atoms with Crippen molar-refractivity contribution in [3.05, 3.63) is 64.1 Å². The van der Waals surface area contributed by atoms with E-state index < -0.39 is 6.09 Å². The molecule has 6 heteroatoms. The quantitative estimate of drug-likeness (QED) is 0.715. The van der Waals surface area contributed by atoms with E-state index in [1.54, 1.807) is 4.90 Å². The smallest absolute Gasteiger partial charge is 0.414 e. The van der Waals surface area contributed by atoms with E-state index in [1.165, 1.54) is 7.11 Å². The summed E-state index contributed by atoms with van der Waals surface area (Å²) in [6.45, 7) is 0.609. The molecule has 1 unspecified atom stereocenters. The molecule has 25 heavy (non-hydrogen) atoms. The van der Waals surface area contributed by atoms with Gasteiger partial charge in [0.25, 0.3) is 0 Å². The van der Waals surface area contributed by atoms with Gasteiger partial charge in [0.1, 0.15) is 6.61 Å². The van der Waals surface area contributed by atoms with Crippen LogP contribution >= 0.6 is 15.9 Å². The van der Waals surface area contributed by atoms with Crippen LogP contribution in [0.15, 0.2) is 53.0 Å². The van der Waals surface area contributed by atoms with Gasteiger partial charge in [-0.3, -0.25) is 9.69 Å². The van der Waals surface area contributed by atoms with Crippen LogP contribution in [0, 0.1) is 0 Å². The third-order valence-electron chi connectivity index (χ3n) is 4.19. The SMILES string of the molecule is COC(=O)CC1CN(C(=O)OCc2ccccc2)c2ccc(Br)cc21. The van der Waals surface area contributed by atoms with E-state index in [0.29, 0.717) is 6.54 Å². The minimum Gasteiger partial charge on any atom is -0.469 e. The molecule has 2 aromatic carbocycles. The third-order valence-corrected chi connectivity index (χ3v) is 4.68. The van der Waals surface area contributed by atoms with Crippen molar-refractivity contribution in [2.24, 2.45) is 0 Å². The number of carbonyl (C=O) groups excluding carboxylic acids is 2. The normalized spacial score (nSPS) is 15.6. The Kier molecular flexibility index (Phi) is 5.38. The van der Waals surface area contributed by atoms with Crippen LogP contribution in [0.1, 0.15) is 23.5 Å². The van der Waals surface area contributed by atoms with Gasteiger partial charge in [-0.15, -0.1) is 0 Å². The summed E-state index contributed by atoms with van der Waals surface area (Å²) in [5, 5.41) is 0. The molecule has 0 aliphatic carbocycles. The van der Waals surface area contributed by atoms with E-state index in [4.69, 9.17) is 9.47 Å². The summed E-state index contributed by atoms with van der Waals surface area (Å²) in [6, 6.07) is 15.2. The lowest BCUT2D eigenvalue weighted by Crippen LogP contribution is -2.30. The van der Waals surface area contributed by atoms with Crippen LogP contribution in [0.25, 0.3) is 0 Å². The standard InChI is InChI=1S/C19H18BrNO4/c1-24-18(22)9-14-11-21(17-8-7-15(20)10-16(14)17)19(23)25-12-13-5-3-2-4-6-13/h2-8,10,14H,9,11-12H2,1H3. The molecule has 0 N–H and O–H groups in total. The van der Waals surface area contributed by atoms with Gasteiger partial charge in [-0.05, 0) is 29.3 Å². The minimum atomic E-state index is -0.417. The Hall–Kier alpha value is -2.34. The van der Waals surface area contributed by atoms with Crippen molar-refractivity contribution >= 4 is 33.7 Å². The number of fused-ring (bicyclic) bond motifs is 1. The number of anilines is 1. The fourth-order valence-corrected chi connectivity index (χ4v) is 3.32. The maximum atomic E-state index is 12.5. The van der Waals surface area contributed by atoms with Crippen molar-refractivity contribution in [3.63, 3.8) is 0 Å². The van der Waals surface area contributed by atoms with Gasteiger partial charge in [-0.25, -0.2) is 4.79 Å². The van der Waals surface area contributed by atoms with Crippen LogP contribution < -0.4 is 4.90 Å². The largest absolute Gasteiger partial charge is 0.469 e. The number of benzene rings is 2. The highest BCUT2D eigenvalue weighted by molar-refractivity contribution is 9.10. The summed E-state index contributed by atoms with van der Waals surface area (Å²) >= 11 is 3.44. The molecule has 0 radical (unpaired) electrons. The van der Waals surface area contributed by atoms with Crippen LogP contribution in [-0.4, -0.2) is 25.7 Å². The highest BCUT2D eigenvalue weighted by Crippen LogP contribution is 2.40. The highest BCUT2D eigenvalue weighted by atomic mass is 79.9. The first-order chi connectivity index (χ1) is 12.1. The van der Waals surface area contributed by atoms with Crippen molar-refractivity contribution in [2.75, 3.05) is 18.6 Å².